The predicted octanol–water partition coefficient (Wildman–Crippen LogP) is 4.11. The van der Waals surface area contributed by atoms with E-state index < -0.39 is 0 Å². The lowest BCUT2D eigenvalue weighted by atomic mass is 10.1. The predicted molar refractivity (Wildman–Crippen MR) is 136 cm³/mol. The molecule has 0 fully saturated rings. The minimum Gasteiger partial charge on any atom is -0.454 e. The number of hydrogen-bond acceptors (Lipinski definition) is 5. The van der Waals surface area contributed by atoms with Gasteiger partial charge >= 0.3 is 0 Å². The van der Waals surface area contributed by atoms with E-state index in [9.17, 15) is 4.79 Å². The molecule has 3 aromatic rings. The number of pyridine rings is 1. The topological polar surface area (TPSA) is 69.8 Å². The molecule has 2 heterocycles. The molecule has 0 saturated carbocycles. The number of aryl methyl sites for hydroxylation is 1. The Balaban J connectivity index is 1.59. The summed E-state index contributed by atoms with van der Waals surface area (Å²) in [5.41, 5.74) is 3.36. The zero-order valence-electron chi connectivity index (χ0n) is 19.3. The largest absolute Gasteiger partial charge is 0.454 e. The van der Waals surface area contributed by atoms with Crippen LogP contribution in [-0.4, -0.2) is 52.9 Å². The summed E-state index contributed by atoms with van der Waals surface area (Å²) < 4.78 is 10.9. The highest BCUT2D eigenvalue weighted by Crippen LogP contribution is 2.35. The molecule has 2 N–H and O–H groups in total. The normalized spacial score (nSPS) is 12.4. The summed E-state index contributed by atoms with van der Waals surface area (Å²) >= 11 is 5.77. The van der Waals surface area contributed by atoms with Crippen molar-refractivity contribution in [1.82, 2.24) is 14.8 Å². The molecule has 7 nitrogen and oxygen atoms in total. The number of H-pyrrole nitrogens is 1. The van der Waals surface area contributed by atoms with Gasteiger partial charge in [0, 0.05) is 35.8 Å². The molecule has 0 bridgehead atoms. The summed E-state index contributed by atoms with van der Waals surface area (Å²) in [6.07, 6.45) is 0. The molecule has 0 spiro atoms. The van der Waals surface area contributed by atoms with Gasteiger partial charge in [0.2, 0.25) is 6.79 Å². The van der Waals surface area contributed by atoms with Gasteiger partial charge in [-0.05, 0) is 56.5 Å². The summed E-state index contributed by atoms with van der Waals surface area (Å²) in [5, 5.41) is 4.82. The Morgan fingerprint density at radius 3 is 2.45 bits per heavy atom. The Hall–Kier alpha value is -3.10. The van der Waals surface area contributed by atoms with Crippen LogP contribution >= 0.6 is 12.2 Å². The molecule has 1 aliphatic rings. The third-order valence-corrected chi connectivity index (χ3v) is 6.31. The third kappa shape index (κ3) is 5.46. The first kappa shape index (κ1) is 23.1. The van der Waals surface area contributed by atoms with E-state index in [2.05, 4.69) is 40.9 Å². The lowest BCUT2D eigenvalue weighted by Crippen LogP contribution is -2.41. The van der Waals surface area contributed by atoms with Crippen molar-refractivity contribution in [2.24, 2.45) is 0 Å². The van der Waals surface area contributed by atoms with Gasteiger partial charge in [-0.1, -0.05) is 31.5 Å². The van der Waals surface area contributed by atoms with E-state index in [1.54, 1.807) is 0 Å². The Bertz CT molecular complexity index is 1190. The van der Waals surface area contributed by atoms with Crippen molar-refractivity contribution in [1.29, 1.82) is 0 Å². The van der Waals surface area contributed by atoms with Gasteiger partial charge in [0.25, 0.3) is 5.56 Å². The molecule has 0 aliphatic carbocycles. The molecule has 2 aromatic carbocycles. The van der Waals surface area contributed by atoms with E-state index >= 15 is 0 Å². The van der Waals surface area contributed by atoms with Gasteiger partial charge in [-0.3, -0.25) is 4.79 Å². The number of nitrogens with zero attached hydrogens (tertiary/aromatic N) is 2. The van der Waals surface area contributed by atoms with Crippen molar-refractivity contribution >= 4 is 33.9 Å². The Morgan fingerprint density at radius 2 is 1.76 bits per heavy atom. The first-order valence-corrected chi connectivity index (χ1v) is 11.7. The zero-order chi connectivity index (χ0) is 23.4. The summed E-state index contributed by atoms with van der Waals surface area (Å²) in [6.45, 7) is 10.4. The molecule has 0 atom stereocenters. The van der Waals surface area contributed by atoms with Gasteiger partial charge in [-0.2, -0.15) is 0 Å². The summed E-state index contributed by atoms with van der Waals surface area (Å²) in [6, 6.07) is 13.7. The van der Waals surface area contributed by atoms with Gasteiger partial charge < -0.3 is 29.6 Å². The van der Waals surface area contributed by atoms with Crippen LogP contribution < -0.4 is 20.3 Å². The number of thiocarbonyl (C=S) groups is 1. The van der Waals surface area contributed by atoms with Crippen molar-refractivity contribution in [2.75, 3.05) is 38.3 Å². The van der Waals surface area contributed by atoms with Crippen LogP contribution in [0.25, 0.3) is 10.9 Å². The van der Waals surface area contributed by atoms with Crippen LogP contribution in [0.3, 0.4) is 0 Å². The average molecular weight is 467 g/mol. The van der Waals surface area contributed by atoms with Crippen molar-refractivity contribution in [3.05, 3.63) is 63.9 Å². The van der Waals surface area contributed by atoms with Crippen LogP contribution in [0.2, 0.25) is 0 Å². The summed E-state index contributed by atoms with van der Waals surface area (Å²) in [5.74, 6) is 1.34. The number of likely N-dealkylation sites (N-methyl/N-ethyl adjacent to an activating group) is 1. The van der Waals surface area contributed by atoms with E-state index in [0.29, 0.717) is 35.3 Å². The number of ether oxygens (including phenoxy) is 2. The molecule has 1 aromatic heterocycles. The van der Waals surface area contributed by atoms with Gasteiger partial charge in [0.1, 0.15) is 0 Å². The monoisotopic (exact) mass is 466 g/mol. The maximum atomic E-state index is 12.9. The van der Waals surface area contributed by atoms with Crippen molar-refractivity contribution in [3.8, 4) is 11.5 Å². The average Bonchev–Trinajstić information content (AvgIpc) is 3.26. The fraction of sp³-hybridized carbons (Fsp3) is 0.360. The maximum Gasteiger partial charge on any atom is 0.253 e. The molecule has 0 radical (unpaired) electrons. The molecule has 8 heteroatoms. The van der Waals surface area contributed by atoms with Crippen LogP contribution in [0.1, 0.15) is 25.0 Å². The molecule has 1 aliphatic heterocycles. The summed E-state index contributed by atoms with van der Waals surface area (Å²) in [4.78, 5) is 20.3. The van der Waals surface area contributed by atoms with E-state index in [-0.39, 0.29) is 12.4 Å². The Kier molecular flexibility index (Phi) is 7.15. The van der Waals surface area contributed by atoms with Gasteiger partial charge in [-0.15, -0.1) is 0 Å². The van der Waals surface area contributed by atoms with Crippen molar-refractivity contribution in [3.63, 3.8) is 0 Å². The minimum atomic E-state index is -0.132. The number of aromatic nitrogens is 1. The lowest BCUT2D eigenvalue weighted by molar-refractivity contribution is 0.174. The first-order chi connectivity index (χ1) is 16.0. The number of rotatable bonds is 8. The second-order valence-electron chi connectivity index (χ2n) is 8.16. The number of aromatic amines is 1. The molecular weight excluding hydrogens is 436 g/mol. The highest BCUT2D eigenvalue weighted by molar-refractivity contribution is 7.80. The molecular formula is C25H30N4O3S. The fourth-order valence-corrected chi connectivity index (χ4v) is 4.13. The number of nitrogens with one attached hydrogen (secondary N) is 2. The standard InChI is InChI=1S/C25H30N4O3S/c1-4-28(5-2)10-11-29(25(33)26-20-8-6-17(3)7-9-20)15-19-12-18-13-22-23(32-16-31-22)14-21(18)27-24(19)30/h6-9,12-14H,4-5,10-11,15-16H2,1-3H3,(H,26,33)(H,27,30). The zero-order valence-corrected chi connectivity index (χ0v) is 20.1. The molecule has 33 heavy (non-hydrogen) atoms. The summed E-state index contributed by atoms with van der Waals surface area (Å²) in [7, 11) is 0. The quantitative estimate of drug-likeness (QED) is 0.484. The van der Waals surface area contributed by atoms with Crippen molar-refractivity contribution < 1.29 is 9.47 Å². The Labute approximate surface area is 199 Å². The van der Waals surface area contributed by atoms with E-state index in [1.165, 1.54) is 5.56 Å². The smallest absolute Gasteiger partial charge is 0.253 e. The molecule has 0 saturated heterocycles. The van der Waals surface area contributed by atoms with Gasteiger partial charge in [0.15, 0.2) is 16.6 Å². The van der Waals surface area contributed by atoms with Crippen LogP contribution in [-0.2, 0) is 6.54 Å². The highest BCUT2D eigenvalue weighted by atomic mass is 32.1. The highest BCUT2D eigenvalue weighted by Gasteiger charge is 2.18. The second kappa shape index (κ2) is 10.2. The van der Waals surface area contributed by atoms with E-state index in [0.717, 1.165) is 36.2 Å². The third-order valence-electron chi connectivity index (χ3n) is 5.95. The molecule has 0 amide bonds. The van der Waals surface area contributed by atoms with E-state index in [4.69, 9.17) is 21.7 Å². The molecule has 4 rings (SSSR count). The molecule has 174 valence electrons. The maximum absolute atomic E-state index is 12.9. The Morgan fingerprint density at radius 1 is 1.06 bits per heavy atom. The second-order valence-corrected chi connectivity index (χ2v) is 8.55. The molecule has 0 unspecified atom stereocenters. The number of benzene rings is 2. The lowest BCUT2D eigenvalue weighted by Gasteiger charge is -2.29. The van der Waals surface area contributed by atoms with E-state index in [1.807, 2.05) is 42.5 Å². The van der Waals surface area contributed by atoms with Crippen LogP contribution in [0.15, 0.2) is 47.3 Å². The fourth-order valence-electron chi connectivity index (χ4n) is 3.86. The minimum absolute atomic E-state index is 0.132. The van der Waals surface area contributed by atoms with Crippen molar-refractivity contribution in [2.45, 2.75) is 27.3 Å². The van der Waals surface area contributed by atoms with Gasteiger partial charge in [-0.25, -0.2) is 0 Å². The van der Waals surface area contributed by atoms with Crippen LogP contribution in [0, 0.1) is 6.92 Å². The van der Waals surface area contributed by atoms with Crippen LogP contribution in [0.5, 0.6) is 11.5 Å². The first-order valence-electron chi connectivity index (χ1n) is 11.3. The number of anilines is 1. The number of fused-ring (bicyclic) bond motifs is 2. The SMILES string of the molecule is CCN(CC)CCN(Cc1cc2cc3c(cc2[nH]c1=O)OCO3)C(=S)Nc1ccc(C)cc1. The van der Waals surface area contributed by atoms with Crippen LogP contribution in [0.4, 0.5) is 5.69 Å². The van der Waals surface area contributed by atoms with Gasteiger partial charge in [0.05, 0.1) is 12.1 Å². The number of hydrogen-bond donors (Lipinski definition) is 2.